The summed E-state index contributed by atoms with van der Waals surface area (Å²) < 4.78 is 6.62. The molecular weight excluding hydrogens is 362 g/mol. The molecule has 0 radical (unpaired) electrons. The molecule has 2 aromatic rings. The van der Waals surface area contributed by atoms with E-state index in [9.17, 15) is 9.90 Å². The Labute approximate surface area is 141 Å². The average Bonchev–Trinajstić information content (AvgIpc) is 3.16. The van der Waals surface area contributed by atoms with Crippen molar-refractivity contribution in [3.05, 3.63) is 46.1 Å². The number of furan rings is 1. The second-order valence-electron chi connectivity index (χ2n) is 5.25. The minimum atomic E-state index is -0.400. The van der Waals surface area contributed by atoms with Crippen molar-refractivity contribution in [2.75, 3.05) is 18.0 Å². The monoisotopic (exact) mass is 377 g/mol. The molecule has 1 aromatic heterocycles. The topological polar surface area (TPSA) is 78.1 Å². The first-order chi connectivity index (χ1) is 11.1. The molecular formula is C16H16BrN3O3. The molecule has 1 aromatic carbocycles. The van der Waals surface area contributed by atoms with Crippen LogP contribution < -0.4 is 10.3 Å². The molecule has 0 saturated carbocycles. The number of halogens is 1. The van der Waals surface area contributed by atoms with Crippen molar-refractivity contribution in [1.82, 2.24) is 5.43 Å². The summed E-state index contributed by atoms with van der Waals surface area (Å²) in [4.78, 5) is 14.1. The van der Waals surface area contributed by atoms with Crippen molar-refractivity contribution in [1.29, 1.82) is 0 Å². The lowest BCUT2D eigenvalue weighted by molar-refractivity contribution is 0.0954. The van der Waals surface area contributed by atoms with Gasteiger partial charge < -0.3 is 14.4 Å². The molecule has 7 heteroatoms. The van der Waals surface area contributed by atoms with Crippen molar-refractivity contribution in [2.45, 2.75) is 12.8 Å². The van der Waals surface area contributed by atoms with Crippen LogP contribution in [0.25, 0.3) is 0 Å². The number of hydrogen-bond donors (Lipinski definition) is 2. The van der Waals surface area contributed by atoms with Gasteiger partial charge in [-0.2, -0.15) is 5.10 Å². The molecule has 23 heavy (non-hydrogen) atoms. The van der Waals surface area contributed by atoms with E-state index in [0.29, 0.717) is 11.3 Å². The van der Waals surface area contributed by atoms with Crippen LogP contribution in [0.2, 0.25) is 0 Å². The number of carbonyl (C=O) groups is 1. The SMILES string of the molecule is O=C(N/N=C/c1cc(Br)c(N2CCCC2)o1)c1cccc(O)c1. The number of amides is 1. The summed E-state index contributed by atoms with van der Waals surface area (Å²) >= 11 is 3.48. The van der Waals surface area contributed by atoms with Gasteiger partial charge in [0.25, 0.3) is 5.91 Å². The molecule has 0 unspecified atom stereocenters. The van der Waals surface area contributed by atoms with Gasteiger partial charge in [-0.25, -0.2) is 5.43 Å². The Kier molecular flexibility index (Phi) is 4.66. The number of rotatable bonds is 4. The minimum Gasteiger partial charge on any atom is -0.508 e. The highest BCUT2D eigenvalue weighted by Crippen LogP contribution is 2.31. The summed E-state index contributed by atoms with van der Waals surface area (Å²) in [5.41, 5.74) is 2.74. The molecule has 0 spiro atoms. The van der Waals surface area contributed by atoms with Crippen LogP contribution in [-0.2, 0) is 0 Å². The van der Waals surface area contributed by atoms with E-state index in [4.69, 9.17) is 4.42 Å². The number of nitrogens with one attached hydrogen (secondary N) is 1. The van der Waals surface area contributed by atoms with Crippen molar-refractivity contribution < 1.29 is 14.3 Å². The molecule has 2 N–H and O–H groups in total. The van der Waals surface area contributed by atoms with Gasteiger partial charge in [-0.3, -0.25) is 4.79 Å². The van der Waals surface area contributed by atoms with Crippen LogP contribution in [0, 0.1) is 0 Å². The second-order valence-corrected chi connectivity index (χ2v) is 6.10. The van der Waals surface area contributed by atoms with E-state index in [-0.39, 0.29) is 5.75 Å². The Morgan fingerprint density at radius 3 is 2.87 bits per heavy atom. The van der Waals surface area contributed by atoms with Crippen LogP contribution >= 0.6 is 15.9 Å². The lowest BCUT2D eigenvalue weighted by Crippen LogP contribution is -2.17. The molecule has 2 heterocycles. The number of anilines is 1. The van der Waals surface area contributed by atoms with Gasteiger partial charge in [0.05, 0.1) is 10.7 Å². The van der Waals surface area contributed by atoms with Crippen molar-refractivity contribution in [3.63, 3.8) is 0 Å². The number of phenols is 1. The fourth-order valence-electron chi connectivity index (χ4n) is 2.44. The van der Waals surface area contributed by atoms with Crippen LogP contribution in [0.1, 0.15) is 29.0 Å². The third kappa shape index (κ3) is 3.73. The maximum atomic E-state index is 11.9. The molecule has 0 atom stereocenters. The minimum absolute atomic E-state index is 0.0341. The van der Waals surface area contributed by atoms with E-state index in [0.717, 1.165) is 36.3 Å². The van der Waals surface area contributed by atoms with Crippen LogP contribution in [0.15, 0.2) is 44.3 Å². The molecule has 1 amide bonds. The largest absolute Gasteiger partial charge is 0.508 e. The smallest absolute Gasteiger partial charge is 0.271 e. The summed E-state index contributed by atoms with van der Waals surface area (Å²) in [5.74, 6) is 0.979. The predicted octanol–water partition coefficient (Wildman–Crippen LogP) is 3.11. The first-order valence-corrected chi connectivity index (χ1v) is 8.09. The van der Waals surface area contributed by atoms with Crippen LogP contribution in [0.3, 0.4) is 0 Å². The highest BCUT2D eigenvalue weighted by Gasteiger charge is 2.19. The maximum absolute atomic E-state index is 11.9. The molecule has 1 fully saturated rings. The van der Waals surface area contributed by atoms with Gasteiger partial charge in [0, 0.05) is 24.7 Å². The molecule has 6 nitrogen and oxygen atoms in total. The normalized spacial score (nSPS) is 14.6. The first-order valence-electron chi connectivity index (χ1n) is 7.30. The third-order valence-electron chi connectivity index (χ3n) is 3.55. The van der Waals surface area contributed by atoms with Gasteiger partial charge >= 0.3 is 0 Å². The molecule has 1 aliphatic rings. The number of aromatic hydroxyl groups is 1. The summed E-state index contributed by atoms with van der Waals surface area (Å²) in [6.45, 7) is 1.97. The van der Waals surface area contributed by atoms with Crippen LogP contribution in [-0.4, -0.2) is 30.3 Å². The zero-order valence-corrected chi connectivity index (χ0v) is 13.9. The van der Waals surface area contributed by atoms with E-state index in [1.807, 2.05) is 6.07 Å². The average molecular weight is 378 g/mol. The van der Waals surface area contributed by atoms with E-state index >= 15 is 0 Å². The van der Waals surface area contributed by atoms with Crippen molar-refractivity contribution >= 4 is 33.9 Å². The molecule has 1 aliphatic heterocycles. The Morgan fingerprint density at radius 2 is 2.13 bits per heavy atom. The van der Waals surface area contributed by atoms with E-state index < -0.39 is 5.91 Å². The lowest BCUT2D eigenvalue weighted by Gasteiger charge is -2.13. The number of phenolic OH excluding ortho intramolecular Hbond substituents is 1. The summed E-state index contributed by atoms with van der Waals surface area (Å²) in [6.07, 6.45) is 3.78. The van der Waals surface area contributed by atoms with Gasteiger partial charge in [0.1, 0.15) is 5.75 Å². The summed E-state index contributed by atoms with van der Waals surface area (Å²) in [5, 5.41) is 13.2. The van der Waals surface area contributed by atoms with E-state index in [1.165, 1.54) is 18.3 Å². The quantitative estimate of drug-likeness (QED) is 0.633. The standard InChI is InChI=1S/C16H16BrN3O3/c17-14-9-13(23-16(14)20-6-1-2-7-20)10-18-19-15(22)11-4-3-5-12(21)8-11/h3-5,8-10,21H,1-2,6-7H2,(H,19,22)/b18-10+. The highest BCUT2D eigenvalue weighted by molar-refractivity contribution is 9.10. The highest BCUT2D eigenvalue weighted by atomic mass is 79.9. The first kappa shape index (κ1) is 15.6. The molecule has 0 bridgehead atoms. The van der Waals surface area contributed by atoms with E-state index in [2.05, 4.69) is 31.4 Å². The fraction of sp³-hybridized carbons (Fsp3) is 0.250. The fourth-order valence-corrected chi connectivity index (χ4v) is 3.00. The predicted molar refractivity (Wildman–Crippen MR) is 91.0 cm³/mol. The molecule has 0 aliphatic carbocycles. The van der Waals surface area contributed by atoms with Gasteiger partial charge in [0.2, 0.25) is 5.88 Å². The Hall–Kier alpha value is -2.28. The summed E-state index contributed by atoms with van der Waals surface area (Å²) in [7, 11) is 0. The maximum Gasteiger partial charge on any atom is 0.271 e. The molecule has 120 valence electrons. The third-order valence-corrected chi connectivity index (χ3v) is 4.12. The number of carbonyl (C=O) groups excluding carboxylic acids is 1. The van der Waals surface area contributed by atoms with Crippen LogP contribution in [0.4, 0.5) is 5.88 Å². The van der Waals surface area contributed by atoms with Gasteiger partial charge in [-0.1, -0.05) is 6.07 Å². The summed E-state index contributed by atoms with van der Waals surface area (Å²) in [6, 6.07) is 7.89. The Bertz CT molecular complexity index is 736. The molecule has 1 saturated heterocycles. The van der Waals surface area contributed by atoms with Gasteiger partial charge in [-0.05, 0) is 47.0 Å². The zero-order valence-electron chi connectivity index (χ0n) is 12.3. The Balaban J connectivity index is 1.64. The van der Waals surface area contributed by atoms with Gasteiger partial charge in [-0.15, -0.1) is 0 Å². The zero-order chi connectivity index (χ0) is 16.2. The van der Waals surface area contributed by atoms with E-state index in [1.54, 1.807) is 12.1 Å². The van der Waals surface area contributed by atoms with Crippen LogP contribution in [0.5, 0.6) is 5.75 Å². The number of benzene rings is 1. The number of hydrazone groups is 1. The number of nitrogens with zero attached hydrogens (tertiary/aromatic N) is 2. The molecule has 3 rings (SSSR count). The van der Waals surface area contributed by atoms with Crippen molar-refractivity contribution in [3.8, 4) is 5.75 Å². The second kappa shape index (κ2) is 6.87. The van der Waals surface area contributed by atoms with Gasteiger partial charge in [0.15, 0.2) is 5.76 Å². The van der Waals surface area contributed by atoms with Crippen molar-refractivity contribution in [2.24, 2.45) is 5.10 Å². The lowest BCUT2D eigenvalue weighted by atomic mass is 10.2. The Morgan fingerprint density at radius 1 is 1.35 bits per heavy atom. The number of hydrogen-bond acceptors (Lipinski definition) is 5.